The van der Waals surface area contributed by atoms with Crippen molar-refractivity contribution in [1.82, 2.24) is 0 Å². The van der Waals surface area contributed by atoms with E-state index in [2.05, 4.69) is 15.9 Å². The van der Waals surface area contributed by atoms with Crippen LogP contribution in [0.25, 0.3) is 0 Å². The van der Waals surface area contributed by atoms with Gasteiger partial charge in [-0.25, -0.2) is 0 Å². The molecule has 0 heterocycles. The number of hydrogen-bond acceptors (Lipinski definition) is 3. The zero-order valence-corrected chi connectivity index (χ0v) is 10.7. The van der Waals surface area contributed by atoms with Crippen molar-refractivity contribution >= 4 is 27.5 Å². The number of phenols is 1. The molecule has 1 N–H and O–H groups in total. The number of aromatic hydroxyl groups is 1. The van der Waals surface area contributed by atoms with Crippen LogP contribution < -0.4 is 0 Å². The Balaban J connectivity index is 2.88. The Morgan fingerprint density at radius 3 is 2.56 bits per heavy atom. The highest BCUT2D eigenvalue weighted by atomic mass is 79.9. The average Bonchev–Trinajstić information content (AvgIpc) is 2.21. The highest BCUT2D eigenvalue weighted by Crippen LogP contribution is 2.23. The SMILES string of the molecule is CC(C)C(=O)CC(=O)c1cc(Br)ccc1O. The minimum atomic E-state index is -0.350. The highest BCUT2D eigenvalue weighted by Gasteiger charge is 2.17. The Bertz CT molecular complexity index is 424. The van der Waals surface area contributed by atoms with Crippen LogP contribution in [0.4, 0.5) is 0 Å². The predicted molar refractivity (Wildman–Crippen MR) is 64.6 cm³/mol. The molecule has 0 aliphatic rings. The summed E-state index contributed by atoms with van der Waals surface area (Å²) >= 11 is 3.21. The molecule has 0 spiro atoms. The van der Waals surface area contributed by atoms with Crippen LogP contribution in [0.2, 0.25) is 0 Å². The lowest BCUT2D eigenvalue weighted by atomic mass is 9.99. The third kappa shape index (κ3) is 3.17. The van der Waals surface area contributed by atoms with Crippen LogP contribution in [-0.2, 0) is 4.79 Å². The fourth-order valence-corrected chi connectivity index (χ4v) is 1.55. The molecule has 0 bridgehead atoms. The van der Waals surface area contributed by atoms with Crippen molar-refractivity contribution in [2.24, 2.45) is 5.92 Å². The number of benzene rings is 1. The zero-order chi connectivity index (χ0) is 12.3. The van der Waals surface area contributed by atoms with Crippen LogP contribution in [-0.4, -0.2) is 16.7 Å². The number of phenolic OH excluding ortho intramolecular Hbond substituents is 1. The average molecular weight is 285 g/mol. The van der Waals surface area contributed by atoms with Crippen molar-refractivity contribution in [1.29, 1.82) is 0 Å². The van der Waals surface area contributed by atoms with E-state index in [1.165, 1.54) is 12.1 Å². The van der Waals surface area contributed by atoms with Crippen molar-refractivity contribution in [3.05, 3.63) is 28.2 Å². The van der Waals surface area contributed by atoms with E-state index in [1.54, 1.807) is 19.9 Å². The molecule has 3 nitrogen and oxygen atoms in total. The highest BCUT2D eigenvalue weighted by molar-refractivity contribution is 9.10. The van der Waals surface area contributed by atoms with Gasteiger partial charge in [0, 0.05) is 10.4 Å². The molecule has 0 radical (unpaired) electrons. The lowest BCUT2D eigenvalue weighted by molar-refractivity contribution is -0.121. The summed E-state index contributed by atoms with van der Waals surface area (Å²) in [4.78, 5) is 23.1. The molecule has 0 aliphatic heterocycles. The minimum Gasteiger partial charge on any atom is -0.507 e. The molecule has 16 heavy (non-hydrogen) atoms. The van der Waals surface area contributed by atoms with Crippen LogP contribution in [0.3, 0.4) is 0 Å². The van der Waals surface area contributed by atoms with Gasteiger partial charge in [0.25, 0.3) is 0 Å². The molecule has 86 valence electrons. The van der Waals surface area contributed by atoms with Crippen molar-refractivity contribution < 1.29 is 14.7 Å². The van der Waals surface area contributed by atoms with Gasteiger partial charge in [0.1, 0.15) is 11.5 Å². The van der Waals surface area contributed by atoms with E-state index in [4.69, 9.17) is 0 Å². The number of carbonyl (C=O) groups excluding carboxylic acids is 2. The summed E-state index contributed by atoms with van der Waals surface area (Å²) in [6.45, 7) is 3.49. The van der Waals surface area contributed by atoms with Gasteiger partial charge in [-0.05, 0) is 18.2 Å². The van der Waals surface area contributed by atoms with Gasteiger partial charge in [-0.2, -0.15) is 0 Å². The minimum absolute atomic E-state index is 0.0928. The maximum absolute atomic E-state index is 11.7. The Morgan fingerprint density at radius 1 is 1.38 bits per heavy atom. The second kappa shape index (κ2) is 5.25. The monoisotopic (exact) mass is 284 g/mol. The third-order valence-corrected chi connectivity index (χ3v) is 2.73. The molecular weight excluding hydrogens is 272 g/mol. The first-order chi connectivity index (χ1) is 7.41. The summed E-state index contributed by atoms with van der Waals surface area (Å²) in [6.07, 6.45) is -0.165. The standard InChI is InChI=1S/C12H13BrO3/c1-7(2)11(15)6-12(16)9-5-8(13)3-4-10(9)14/h3-5,7,14H,6H2,1-2H3. The molecule has 0 amide bonds. The van der Waals surface area contributed by atoms with Gasteiger partial charge in [-0.3, -0.25) is 9.59 Å². The zero-order valence-electron chi connectivity index (χ0n) is 9.16. The first kappa shape index (κ1) is 12.9. The smallest absolute Gasteiger partial charge is 0.173 e. The lowest BCUT2D eigenvalue weighted by Crippen LogP contribution is -2.13. The van der Waals surface area contributed by atoms with Crippen LogP contribution in [0.1, 0.15) is 30.6 Å². The number of carbonyl (C=O) groups is 2. The maximum Gasteiger partial charge on any atom is 0.173 e. The van der Waals surface area contributed by atoms with Gasteiger partial charge in [0.15, 0.2) is 5.78 Å². The quantitative estimate of drug-likeness (QED) is 0.683. The molecule has 0 unspecified atom stereocenters. The Hall–Kier alpha value is -1.16. The molecule has 0 aliphatic carbocycles. The second-order valence-corrected chi connectivity index (χ2v) is 4.80. The van der Waals surface area contributed by atoms with Crippen molar-refractivity contribution in [3.8, 4) is 5.75 Å². The molecule has 1 rings (SSSR count). The van der Waals surface area contributed by atoms with Crippen LogP contribution in [0.5, 0.6) is 5.75 Å². The van der Waals surface area contributed by atoms with Crippen molar-refractivity contribution in [2.45, 2.75) is 20.3 Å². The van der Waals surface area contributed by atoms with Crippen LogP contribution >= 0.6 is 15.9 Å². The van der Waals surface area contributed by atoms with Gasteiger partial charge in [0.05, 0.1) is 12.0 Å². The fourth-order valence-electron chi connectivity index (χ4n) is 1.19. The molecule has 1 aromatic carbocycles. The predicted octanol–water partition coefficient (Wildman–Crippen LogP) is 2.95. The van der Waals surface area contributed by atoms with Gasteiger partial charge in [-0.15, -0.1) is 0 Å². The summed E-state index contributed by atoms with van der Waals surface area (Å²) in [7, 11) is 0. The lowest BCUT2D eigenvalue weighted by Gasteiger charge is -2.05. The van der Waals surface area contributed by atoms with Crippen molar-refractivity contribution in [3.63, 3.8) is 0 Å². The summed E-state index contributed by atoms with van der Waals surface area (Å²) in [5.41, 5.74) is 0.184. The van der Waals surface area contributed by atoms with E-state index in [-0.39, 0.29) is 35.2 Å². The molecule has 0 saturated heterocycles. The Morgan fingerprint density at radius 2 is 2.00 bits per heavy atom. The molecule has 0 fully saturated rings. The molecule has 0 aromatic heterocycles. The summed E-state index contributed by atoms with van der Waals surface area (Å²) in [5.74, 6) is -0.732. The summed E-state index contributed by atoms with van der Waals surface area (Å²) in [6, 6.07) is 4.58. The van der Waals surface area contributed by atoms with E-state index in [0.717, 1.165) is 0 Å². The van der Waals surface area contributed by atoms with Crippen molar-refractivity contribution in [2.75, 3.05) is 0 Å². The van der Waals surface area contributed by atoms with Crippen LogP contribution in [0.15, 0.2) is 22.7 Å². The van der Waals surface area contributed by atoms with E-state index < -0.39 is 0 Å². The fraction of sp³-hybridized carbons (Fsp3) is 0.333. The largest absolute Gasteiger partial charge is 0.507 e. The van der Waals surface area contributed by atoms with Crippen LogP contribution in [0, 0.1) is 5.92 Å². The summed E-state index contributed by atoms with van der Waals surface area (Å²) in [5, 5.41) is 9.50. The second-order valence-electron chi connectivity index (χ2n) is 3.88. The topological polar surface area (TPSA) is 54.4 Å². The molecule has 1 aromatic rings. The van der Waals surface area contributed by atoms with E-state index in [0.29, 0.717) is 4.47 Å². The van der Waals surface area contributed by atoms with E-state index in [1.807, 2.05) is 0 Å². The maximum atomic E-state index is 11.7. The number of rotatable bonds is 4. The summed E-state index contributed by atoms with van der Waals surface area (Å²) < 4.78 is 0.700. The Kier molecular flexibility index (Phi) is 4.24. The van der Waals surface area contributed by atoms with E-state index >= 15 is 0 Å². The number of hydrogen-bond donors (Lipinski definition) is 1. The molecule has 0 saturated carbocycles. The first-order valence-corrected chi connectivity index (χ1v) is 5.75. The molecule has 4 heteroatoms. The number of halogens is 1. The molecular formula is C12H13BrO3. The normalized spacial score (nSPS) is 10.5. The number of ketones is 2. The van der Waals surface area contributed by atoms with Gasteiger partial charge >= 0.3 is 0 Å². The van der Waals surface area contributed by atoms with E-state index in [9.17, 15) is 14.7 Å². The van der Waals surface area contributed by atoms with Gasteiger partial charge < -0.3 is 5.11 Å². The van der Waals surface area contributed by atoms with Gasteiger partial charge in [-0.1, -0.05) is 29.8 Å². The first-order valence-electron chi connectivity index (χ1n) is 4.96. The Labute approximate surface area is 103 Å². The van der Waals surface area contributed by atoms with Gasteiger partial charge in [0.2, 0.25) is 0 Å². The number of Topliss-reactive ketones (excluding diaryl/α,β-unsaturated/α-hetero) is 2. The third-order valence-electron chi connectivity index (χ3n) is 2.24. The molecule has 0 atom stereocenters.